The fourth-order valence-corrected chi connectivity index (χ4v) is 1.20. The molecule has 7 nitrogen and oxygen atoms in total. The predicted octanol–water partition coefficient (Wildman–Crippen LogP) is 1.46. The number of alkyl halides is 3. The first kappa shape index (κ1) is 18.0. The van der Waals surface area contributed by atoms with Crippen LogP contribution in [0.4, 0.5) is 13.2 Å². The zero-order valence-electron chi connectivity index (χ0n) is 11.7. The highest BCUT2D eigenvalue weighted by atomic mass is 19.4. The van der Waals surface area contributed by atoms with Gasteiger partial charge in [0.1, 0.15) is 0 Å². The Labute approximate surface area is 128 Å². The molecule has 0 aliphatic rings. The van der Waals surface area contributed by atoms with Crippen LogP contribution in [0.5, 0.6) is 0 Å². The van der Waals surface area contributed by atoms with Gasteiger partial charge in [0, 0.05) is 24.8 Å². The van der Waals surface area contributed by atoms with E-state index in [-0.39, 0.29) is 11.5 Å². The number of rotatable bonds is 2. The molecule has 122 valence electrons. The number of amides is 1. The lowest BCUT2D eigenvalue weighted by molar-refractivity contribution is -0.145. The Morgan fingerprint density at radius 3 is 2.13 bits per heavy atom. The van der Waals surface area contributed by atoms with E-state index in [1.54, 1.807) is 18.3 Å². The van der Waals surface area contributed by atoms with Crippen molar-refractivity contribution in [3.63, 3.8) is 0 Å². The molecule has 0 saturated carbocycles. The van der Waals surface area contributed by atoms with E-state index in [1.165, 1.54) is 13.3 Å². The summed E-state index contributed by atoms with van der Waals surface area (Å²) in [6, 6.07) is 3.34. The summed E-state index contributed by atoms with van der Waals surface area (Å²) in [6.07, 6.45) is -0.0647. The molecular weight excluding hydrogens is 317 g/mol. The largest absolute Gasteiger partial charge is 0.465 e. The molecule has 0 radical (unpaired) electrons. The van der Waals surface area contributed by atoms with Crippen LogP contribution in [-0.4, -0.2) is 33.9 Å². The second-order valence-electron chi connectivity index (χ2n) is 3.89. The normalized spacial score (nSPS) is 10.3. The molecule has 0 spiro atoms. The fraction of sp³-hybridized carbons (Fsp3) is 0.154. The van der Waals surface area contributed by atoms with E-state index >= 15 is 0 Å². The van der Waals surface area contributed by atoms with Crippen LogP contribution >= 0.6 is 0 Å². The summed E-state index contributed by atoms with van der Waals surface area (Å²) in [7, 11) is 1.34. The summed E-state index contributed by atoms with van der Waals surface area (Å²) in [5.41, 5.74) is 5.09. The number of esters is 1. The molecule has 0 fully saturated rings. The van der Waals surface area contributed by atoms with Crippen molar-refractivity contribution in [3.8, 4) is 0 Å². The molecular formula is C13H11F3N4O3. The van der Waals surface area contributed by atoms with Crippen molar-refractivity contribution >= 4 is 11.9 Å². The van der Waals surface area contributed by atoms with Gasteiger partial charge in [-0.15, -0.1) is 0 Å². The average molecular weight is 328 g/mol. The van der Waals surface area contributed by atoms with Crippen LogP contribution in [0.3, 0.4) is 0 Å². The number of primary amides is 1. The van der Waals surface area contributed by atoms with Gasteiger partial charge in [0.25, 0.3) is 5.91 Å². The van der Waals surface area contributed by atoms with Gasteiger partial charge in [-0.1, -0.05) is 0 Å². The van der Waals surface area contributed by atoms with Crippen LogP contribution < -0.4 is 5.73 Å². The Bertz CT molecular complexity index is 660. The van der Waals surface area contributed by atoms with E-state index < -0.39 is 17.9 Å². The highest BCUT2D eigenvalue weighted by molar-refractivity contribution is 5.92. The van der Waals surface area contributed by atoms with Gasteiger partial charge in [-0.25, -0.2) is 14.8 Å². The van der Waals surface area contributed by atoms with Crippen LogP contribution in [0.1, 0.15) is 26.5 Å². The Kier molecular flexibility index (Phi) is 6.13. The molecule has 0 aromatic carbocycles. The molecule has 23 heavy (non-hydrogen) atoms. The van der Waals surface area contributed by atoms with Gasteiger partial charge in [0.2, 0.25) is 5.82 Å². The second-order valence-corrected chi connectivity index (χ2v) is 3.89. The number of hydrogen-bond acceptors (Lipinski definition) is 6. The van der Waals surface area contributed by atoms with Crippen molar-refractivity contribution in [2.45, 2.75) is 6.18 Å². The molecule has 0 saturated heterocycles. The number of carbonyl (C=O) groups excluding carboxylic acids is 2. The summed E-state index contributed by atoms with van der Waals surface area (Å²) in [5, 5.41) is 0. The summed E-state index contributed by atoms with van der Waals surface area (Å²) < 4.78 is 40.1. The smallest absolute Gasteiger partial charge is 0.451 e. The number of methoxy groups -OCH3 is 1. The van der Waals surface area contributed by atoms with Crippen LogP contribution in [0.25, 0.3) is 0 Å². The van der Waals surface area contributed by atoms with Gasteiger partial charge < -0.3 is 10.5 Å². The molecule has 2 heterocycles. The van der Waals surface area contributed by atoms with Crippen molar-refractivity contribution in [3.05, 3.63) is 53.9 Å². The third-order valence-corrected chi connectivity index (χ3v) is 2.27. The molecule has 0 atom stereocenters. The maximum absolute atomic E-state index is 11.9. The molecule has 1 amide bonds. The summed E-state index contributed by atoms with van der Waals surface area (Å²) >= 11 is 0. The minimum absolute atomic E-state index is 0.159. The first-order valence-electron chi connectivity index (χ1n) is 5.93. The average Bonchev–Trinajstić information content (AvgIpc) is 2.55. The Morgan fingerprint density at radius 2 is 1.74 bits per heavy atom. The minimum atomic E-state index is -4.60. The zero-order valence-corrected chi connectivity index (χ0v) is 11.7. The number of nitrogens with zero attached hydrogens (tertiary/aromatic N) is 3. The van der Waals surface area contributed by atoms with Gasteiger partial charge in [-0.2, -0.15) is 13.2 Å². The van der Waals surface area contributed by atoms with Crippen molar-refractivity contribution in [2.24, 2.45) is 5.73 Å². The summed E-state index contributed by atoms with van der Waals surface area (Å²) in [5.74, 6) is -2.51. The number of pyridine rings is 1. The number of halogens is 3. The van der Waals surface area contributed by atoms with E-state index in [1.807, 2.05) is 0 Å². The first-order valence-corrected chi connectivity index (χ1v) is 5.93. The highest BCUT2D eigenvalue weighted by Gasteiger charge is 2.34. The highest BCUT2D eigenvalue weighted by Crippen LogP contribution is 2.25. The van der Waals surface area contributed by atoms with E-state index in [0.29, 0.717) is 5.56 Å². The molecule has 0 bridgehead atoms. The molecule has 0 aliphatic heterocycles. The van der Waals surface area contributed by atoms with Crippen molar-refractivity contribution in [1.29, 1.82) is 0 Å². The molecule has 0 unspecified atom stereocenters. The summed E-state index contributed by atoms with van der Waals surface area (Å²) in [4.78, 5) is 30.8. The van der Waals surface area contributed by atoms with Gasteiger partial charge in [0.05, 0.1) is 18.2 Å². The molecule has 2 rings (SSSR count). The van der Waals surface area contributed by atoms with Crippen molar-refractivity contribution in [2.75, 3.05) is 7.11 Å². The van der Waals surface area contributed by atoms with Gasteiger partial charge >= 0.3 is 12.1 Å². The zero-order chi connectivity index (χ0) is 17.5. The van der Waals surface area contributed by atoms with Crippen LogP contribution in [0, 0.1) is 0 Å². The lowest BCUT2D eigenvalue weighted by atomic mass is 10.3. The quantitative estimate of drug-likeness (QED) is 0.836. The third kappa shape index (κ3) is 5.69. The Hall–Kier alpha value is -3.04. The van der Waals surface area contributed by atoms with Crippen LogP contribution in [-0.2, 0) is 10.9 Å². The van der Waals surface area contributed by atoms with Gasteiger partial charge in [0.15, 0.2) is 0 Å². The predicted molar refractivity (Wildman–Crippen MR) is 71.1 cm³/mol. The van der Waals surface area contributed by atoms with Crippen LogP contribution in [0.15, 0.2) is 36.9 Å². The number of nitrogens with two attached hydrogens (primary N) is 1. The second kappa shape index (κ2) is 7.82. The van der Waals surface area contributed by atoms with Crippen molar-refractivity contribution in [1.82, 2.24) is 15.0 Å². The maximum atomic E-state index is 11.9. The van der Waals surface area contributed by atoms with Crippen molar-refractivity contribution < 1.29 is 27.5 Å². The third-order valence-electron chi connectivity index (χ3n) is 2.27. The maximum Gasteiger partial charge on any atom is 0.451 e. The molecule has 10 heteroatoms. The monoisotopic (exact) mass is 328 g/mol. The lowest BCUT2D eigenvalue weighted by Crippen LogP contribution is -2.15. The molecule has 2 N–H and O–H groups in total. The van der Waals surface area contributed by atoms with E-state index in [9.17, 15) is 22.8 Å². The van der Waals surface area contributed by atoms with Crippen LogP contribution in [0.2, 0.25) is 0 Å². The standard InChI is InChI=1S/C7H7NO2.C6H4F3N3O/c1-10-7(9)6-3-2-4-8-5-6;7-6(8,9)5-11-1-3(2-12-5)4(10)13/h2-5H,1H3;1-2H,(H2,10,13). The molecule has 2 aromatic rings. The Balaban J connectivity index is 0.000000238. The molecule has 0 aliphatic carbocycles. The summed E-state index contributed by atoms with van der Waals surface area (Å²) in [6.45, 7) is 0. The van der Waals surface area contributed by atoms with Gasteiger partial charge in [-0.05, 0) is 12.1 Å². The fourth-order valence-electron chi connectivity index (χ4n) is 1.20. The minimum Gasteiger partial charge on any atom is -0.465 e. The Morgan fingerprint density at radius 1 is 1.13 bits per heavy atom. The number of hydrogen-bond donors (Lipinski definition) is 1. The molecule has 2 aromatic heterocycles. The van der Waals surface area contributed by atoms with Gasteiger partial charge in [-0.3, -0.25) is 9.78 Å². The van der Waals surface area contributed by atoms with E-state index in [2.05, 4.69) is 19.7 Å². The first-order chi connectivity index (χ1) is 10.8. The topological polar surface area (TPSA) is 108 Å². The van der Waals surface area contributed by atoms with E-state index in [4.69, 9.17) is 5.73 Å². The number of ether oxygens (including phenoxy) is 1. The van der Waals surface area contributed by atoms with E-state index in [0.717, 1.165) is 12.4 Å². The lowest BCUT2D eigenvalue weighted by Gasteiger charge is -2.03. The number of aromatic nitrogens is 3. The number of carbonyl (C=O) groups is 2. The SMILES string of the molecule is COC(=O)c1cccnc1.NC(=O)c1cnc(C(F)(F)F)nc1.